The van der Waals surface area contributed by atoms with Crippen LogP contribution in [0.2, 0.25) is 5.15 Å². The second-order valence-corrected chi connectivity index (χ2v) is 7.14. The van der Waals surface area contributed by atoms with E-state index in [-0.39, 0.29) is 11.9 Å². The summed E-state index contributed by atoms with van der Waals surface area (Å²) in [6.07, 6.45) is 0.551. The number of carbonyl (C=O) groups is 1. The maximum Gasteiger partial charge on any atom is 0.240 e. The Balaban J connectivity index is 1.72. The van der Waals surface area contributed by atoms with Crippen molar-refractivity contribution in [3.63, 3.8) is 0 Å². The molecule has 29 heavy (non-hydrogen) atoms. The third kappa shape index (κ3) is 3.63. The zero-order valence-electron chi connectivity index (χ0n) is 16.3. The van der Waals surface area contributed by atoms with Crippen molar-refractivity contribution in [2.45, 2.75) is 19.4 Å². The van der Waals surface area contributed by atoms with Crippen LogP contribution in [0.3, 0.4) is 0 Å². The van der Waals surface area contributed by atoms with Gasteiger partial charge in [-0.3, -0.25) is 4.79 Å². The predicted molar refractivity (Wildman–Crippen MR) is 113 cm³/mol. The lowest BCUT2D eigenvalue weighted by Gasteiger charge is -2.21. The number of rotatable bonds is 4. The third-order valence-corrected chi connectivity index (χ3v) is 5.32. The Kier molecular flexibility index (Phi) is 5.11. The summed E-state index contributed by atoms with van der Waals surface area (Å²) in [4.78, 5) is 16.8. The van der Waals surface area contributed by atoms with Gasteiger partial charge in [0.15, 0.2) is 0 Å². The van der Waals surface area contributed by atoms with E-state index >= 15 is 0 Å². The van der Waals surface area contributed by atoms with Gasteiger partial charge in [0, 0.05) is 30.4 Å². The summed E-state index contributed by atoms with van der Waals surface area (Å²) < 4.78 is 10.5. The first-order chi connectivity index (χ1) is 14.0. The summed E-state index contributed by atoms with van der Waals surface area (Å²) in [5, 5.41) is 7.33. The van der Waals surface area contributed by atoms with E-state index in [1.807, 2.05) is 48.5 Å². The van der Waals surface area contributed by atoms with E-state index in [4.69, 9.17) is 21.1 Å². The Bertz CT molecular complexity index is 1110. The fraction of sp³-hybridized carbons (Fsp3) is 0.227. The van der Waals surface area contributed by atoms with E-state index in [1.165, 1.54) is 11.9 Å². The molecule has 1 aromatic heterocycles. The number of hydrazone groups is 1. The van der Waals surface area contributed by atoms with Gasteiger partial charge in [0.1, 0.15) is 16.7 Å². The molecular weight excluding hydrogens is 390 g/mol. The molecule has 7 heteroatoms. The predicted octanol–water partition coefficient (Wildman–Crippen LogP) is 4.60. The van der Waals surface area contributed by atoms with Crippen LogP contribution in [0.4, 0.5) is 0 Å². The van der Waals surface area contributed by atoms with Gasteiger partial charge in [0.05, 0.1) is 31.5 Å². The van der Waals surface area contributed by atoms with Gasteiger partial charge < -0.3 is 9.47 Å². The average Bonchev–Trinajstić information content (AvgIpc) is 3.18. The quantitative estimate of drug-likeness (QED) is 0.590. The van der Waals surface area contributed by atoms with Gasteiger partial charge in [0.2, 0.25) is 5.91 Å². The molecule has 3 aromatic rings. The minimum atomic E-state index is -0.309. The van der Waals surface area contributed by atoms with Crippen molar-refractivity contribution in [2.24, 2.45) is 5.10 Å². The minimum Gasteiger partial charge on any atom is -0.497 e. The zero-order valence-corrected chi connectivity index (χ0v) is 17.1. The molecule has 148 valence electrons. The van der Waals surface area contributed by atoms with E-state index in [9.17, 15) is 4.79 Å². The number of fused-ring (bicyclic) bond motifs is 1. The van der Waals surface area contributed by atoms with Crippen LogP contribution in [-0.2, 0) is 4.79 Å². The Labute approximate surface area is 173 Å². The number of methoxy groups -OCH3 is 2. The first-order valence-corrected chi connectivity index (χ1v) is 9.54. The summed E-state index contributed by atoms with van der Waals surface area (Å²) in [5.74, 6) is 1.33. The Morgan fingerprint density at radius 2 is 1.76 bits per heavy atom. The first kappa shape index (κ1) is 19.2. The number of hydrogen-bond acceptors (Lipinski definition) is 5. The number of halogens is 1. The largest absolute Gasteiger partial charge is 0.497 e. The molecule has 6 nitrogen and oxygen atoms in total. The summed E-state index contributed by atoms with van der Waals surface area (Å²) in [6, 6.07) is 14.9. The van der Waals surface area contributed by atoms with Gasteiger partial charge in [-0.15, -0.1) is 0 Å². The van der Waals surface area contributed by atoms with Crippen LogP contribution in [0.1, 0.15) is 30.5 Å². The average molecular weight is 410 g/mol. The van der Waals surface area contributed by atoms with Crippen LogP contribution in [0.15, 0.2) is 53.6 Å². The topological polar surface area (TPSA) is 64.0 Å². The lowest BCUT2D eigenvalue weighted by molar-refractivity contribution is -0.130. The zero-order chi connectivity index (χ0) is 20.5. The fourth-order valence-electron chi connectivity index (χ4n) is 3.50. The fourth-order valence-corrected chi connectivity index (χ4v) is 3.77. The van der Waals surface area contributed by atoms with Gasteiger partial charge in [-0.1, -0.05) is 11.6 Å². The van der Waals surface area contributed by atoms with E-state index < -0.39 is 0 Å². The van der Waals surface area contributed by atoms with Crippen LogP contribution in [-0.4, -0.2) is 35.8 Å². The molecule has 0 spiro atoms. The van der Waals surface area contributed by atoms with E-state index in [1.54, 1.807) is 14.2 Å². The van der Waals surface area contributed by atoms with E-state index in [0.717, 1.165) is 33.5 Å². The second kappa shape index (κ2) is 7.72. The molecule has 0 saturated heterocycles. The first-order valence-electron chi connectivity index (χ1n) is 9.16. The number of hydrogen-bond donors (Lipinski definition) is 0. The summed E-state index contributed by atoms with van der Waals surface area (Å²) in [6.45, 7) is 1.50. The molecule has 0 radical (unpaired) electrons. The molecule has 0 saturated carbocycles. The molecule has 0 bridgehead atoms. The van der Waals surface area contributed by atoms with Crippen LogP contribution in [0.25, 0.3) is 10.9 Å². The number of ether oxygens (including phenoxy) is 2. The Morgan fingerprint density at radius 3 is 2.41 bits per heavy atom. The lowest BCUT2D eigenvalue weighted by Crippen LogP contribution is -2.24. The number of amides is 1. The standard InChI is InChI=1S/C22H20ClN3O3/c1-13(27)26-21(12-20(25-26)14-4-7-16(28-2)8-5-14)18-10-15-6-9-17(29-3)11-19(15)24-22(18)23/h4-11,21H,12H2,1-3H3/t21-/m1/s1. The highest BCUT2D eigenvalue weighted by Crippen LogP contribution is 2.37. The van der Waals surface area contributed by atoms with Crippen molar-refractivity contribution in [3.05, 3.63) is 64.8 Å². The number of aromatic nitrogens is 1. The molecular formula is C22H20ClN3O3. The normalized spacial score (nSPS) is 16.1. The Morgan fingerprint density at radius 1 is 1.07 bits per heavy atom. The molecule has 2 heterocycles. The van der Waals surface area contributed by atoms with Crippen molar-refractivity contribution >= 4 is 34.1 Å². The number of pyridine rings is 1. The highest BCUT2D eigenvalue weighted by molar-refractivity contribution is 6.30. The molecule has 0 fully saturated rings. The SMILES string of the molecule is COc1ccc(C2=NN(C(C)=O)[C@@H](c3cc4ccc(OC)cc4nc3Cl)C2)cc1. The van der Waals surface area contributed by atoms with Crippen LogP contribution in [0, 0.1) is 0 Å². The molecule has 2 aromatic carbocycles. The van der Waals surface area contributed by atoms with Crippen LogP contribution >= 0.6 is 11.6 Å². The number of carbonyl (C=O) groups excluding carboxylic acids is 1. The lowest BCUT2D eigenvalue weighted by atomic mass is 9.98. The molecule has 1 amide bonds. The van der Waals surface area contributed by atoms with Crippen molar-refractivity contribution in [3.8, 4) is 11.5 Å². The summed E-state index contributed by atoms with van der Waals surface area (Å²) in [7, 11) is 3.23. The highest BCUT2D eigenvalue weighted by Gasteiger charge is 2.33. The third-order valence-electron chi connectivity index (χ3n) is 5.02. The molecule has 0 unspecified atom stereocenters. The molecule has 0 aliphatic carbocycles. The molecule has 1 aliphatic heterocycles. The molecule has 1 atom stereocenters. The molecule has 4 rings (SSSR count). The van der Waals surface area contributed by atoms with Gasteiger partial charge in [-0.2, -0.15) is 5.10 Å². The smallest absolute Gasteiger partial charge is 0.240 e. The van der Waals surface area contributed by atoms with Gasteiger partial charge in [-0.25, -0.2) is 9.99 Å². The molecule has 1 aliphatic rings. The van der Waals surface area contributed by atoms with E-state index in [0.29, 0.717) is 17.3 Å². The molecule has 0 N–H and O–H groups in total. The van der Waals surface area contributed by atoms with Gasteiger partial charge in [-0.05, 0) is 48.0 Å². The monoisotopic (exact) mass is 409 g/mol. The number of benzene rings is 2. The minimum absolute atomic E-state index is 0.149. The Hall–Kier alpha value is -3.12. The van der Waals surface area contributed by atoms with Crippen molar-refractivity contribution < 1.29 is 14.3 Å². The van der Waals surface area contributed by atoms with Crippen LogP contribution in [0.5, 0.6) is 11.5 Å². The van der Waals surface area contributed by atoms with E-state index in [2.05, 4.69) is 10.1 Å². The van der Waals surface area contributed by atoms with Crippen LogP contribution < -0.4 is 9.47 Å². The highest BCUT2D eigenvalue weighted by atomic mass is 35.5. The van der Waals surface area contributed by atoms with Crippen molar-refractivity contribution in [2.75, 3.05) is 14.2 Å². The number of nitrogens with zero attached hydrogens (tertiary/aromatic N) is 3. The summed E-state index contributed by atoms with van der Waals surface area (Å²) in [5.41, 5.74) is 3.27. The maximum absolute atomic E-state index is 12.3. The van der Waals surface area contributed by atoms with Crippen molar-refractivity contribution in [1.29, 1.82) is 0 Å². The van der Waals surface area contributed by atoms with Crippen molar-refractivity contribution in [1.82, 2.24) is 9.99 Å². The van der Waals surface area contributed by atoms with Gasteiger partial charge in [0.25, 0.3) is 0 Å². The summed E-state index contributed by atoms with van der Waals surface area (Å²) >= 11 is 6.52. The second-order valence-electron chi connectivity index (χ2n) is 6.79. The van der Waals surface area contributed by atoms with Gasteiger partial charge >= 0.3 is 0 Å². The maximum atomic E-state index is 12.3.